The molecule has 0 atom stereocenters. The molecule has 2 aliphatic carbocycles. The van der Waals surface area contributed by atoms with Gasteiger partial charge in [-0.25, -0.2) is 15.0 Å². The average Bonchev–Trinajstić information content (AvgIpc) is 3.57. The van der Waals surface area contributed by atoms with Crippen LogP contribution in [0.5, 0.6) is 5.75 Å². The van der Waals surface area contributed by atoms with E-state index in [9.17, 15) is 0 Å². The molecule has 2 aliphatic heterocycles. The van der Waals surface area contributed by atoms with E-state index in [0.717, 1.165) is 53.4 Å². The van der Waals surface area contributed by atoms with Gasteiger partial charge in [-0.3, -0.25) is 0 Å². The number of hydrogen-bond donors (Lipinski definition) is 1. The topological polar surface area (TPSA) is 63.2 Å². The van der Waals surface area contributed by atoms with Gasteiger partial charge in [-0.1, -0.05) is 36.0 Å². The van der Waals surface area contributed by atoms with Crippen LogP contribution in [0.2, 0.25) is 0 Å². The number of benzene rings is 1. The number of pyridine rings is 1. The Morgan fingerprint density at radius 1 is 0.882 bits per heavy atom. The van der Waals surface area contributed by atoms with Crippen LogP contribution in [0, 0.1) is 5.41 Å². The SMILES string of the molecule is c1ccc2c(c1)CC1(CCN(c3cnc(Sc4ccnc5c4OCCC4(CC4)N5)cn3)CC1)C2. The molecule has 1 saturated carbocycles. The number of hydrogen-bond acceptors (Lipinski definition) is 7. The van der Waals surface area contributed by atoms with Crippen LogP contribution >= 0.6 is 11.8 Å². The summed E-state index contributed by atoms with van der Waals surface area (Å²) in [6, 6.07) is 11.0. The maximum Gasteiger partial charge on any atom is 0.175 e. The molecular formula is C27H29N5OS. The second-order valence-corrected chi connectivity index (χ2v) is 11.5. The van der Waals surface area contributed by atoms with Crippen molar-refractivity contribution in [3.8, 4) is 5.75 Å². The van der Waals surface area contributed by atoms with Crippen LogP contribution < -0.4 is 15.0 Å². The fourth-order valence-corrected chi connectivity index (χ4v) is 6.72. The second-order valence-electron chi connectivity index (χ2n) is 10.4. The first-order chi connectivity index (χ1) is 16.7. The molecule has 1 N–H and O–H groups in total. The maximum absolute atomic E-state index is 6.11. The van der Waals surface area contributed by atoms with Gasteiger partial charge in [0.1, 0.15) is 10.8 Å². The normalized spacial score (nSPS) is 21.4. The Bertz CT molecular complexity index is 1190. The van der Waals surface area contributed by atoms with Crippen molar-refractivity contribution < 1.29 is 4.74 Å². The number of anilines is 2. The van der Waals surface area contributed by atoms with Gasteiger partial charge in [-0.15, -0.1) is 0 Å². The lowest BCUT2D eigenvalue weighted by atomic mass is 9.76. The zero-order valence-corrected chi connectivity index (χ0v) is 20.1. The smallest absolute Gasteiger partial charge is 0.175 e. The summed E-state index contributed by atoms with van der Waals surface area (Å²) < 4.78 is 6.11. The first kappa shape index (κ1) is 20.6. The molecule has 4 aliphatic rings. The van der Waals surface area contributed by atoms with Crippen LogP contribution in [-0.4, -0.2) is 40.2 Å². The highest BCUT2D eigenvalue weighted by atomic mass is 32.2. The maximum atomic E-state index is 6.11. The fraction of sp³-hybridized carbons (Fsp3) is 0.444. The van der Waals surface area contributed by atoms with Crippen molar-refractivity contribution in [1.82, 2.24) is 15.0 Å². The largest absolute Gasteiger partial charge is 0.488 e. The summed E-state index contributed by atoms with van der Waals surface area (Å²) in [5.74, 6) is 2.69. The van der Waals surface area contributed by atoms with E-state index in [2.05, 4.69) is 39.5 Å². The number of fused-ring (bicyclic) bond motifs is 2. The van der Waals surface area contributed by atoms with Crippen molar-refractivity contribution in [2.45, 2.75) is 60.4 Å². The Kier molecular flexibility index (Phi) is 4.76. The average molecular weight is 472 g/mol. The Balaban J connectivity index is 1.02. The number of piperidine rings is 1. The van der Waals surface area contributed by atoms with Gasteiger partial charge in [0.2, 0.25) is 0 Å². The van der Waals surface area contributed by atoms with Crippen molar-refractivity contribution in [1.29, 1.82) is 0 Å². The first-order valence-corrected chi connectivity index (χ1v) is 13.2. The lowest BCUT2D eigenvalue weighted by molar-refractivity contribution is 0.232. The third kappa shape index (κ3) is 3.70. The van der Waals surface area contributed by atoms with Gasteiger partial charge in [0, 0.05) is 31.2 Å². The van der Waals surface area contributed by atoms with E-state index in [-0.39, 0.29) is 5.54 Å². The van der Waals surface area contributed by atoms with Crippen molar-refractivity contribution in [2.75, 3.05) is 29.9 Å². The van der Waals surface area contributed by atoms with E-state index in [1.807, 2.05) is 24.7 Å². The summed E-state index contributed by atoms with van der Waals surface area (Å²) in [6.07, 6.45) is 14.0. The number of nitrogens with one attached hydrogen (secondary N) is 1. The summed E-state index contributed by atoms with van der Waals surface area (Å²) in [5.41, 5.74) is 3.75. The van der Waals surface area contributed by atoms with Crippen molar-refractivity contribution in [3.05, 3.63) is 60.0 Å². The Morgan fingerprint density at radius 2 is 1.68 bits per heavy atom. The van der Waals surface area contributed by atoms with Crippen LogP contribution in [0.3, 0.4) is 0 Å². The molecule has 2 aromatic heterocycles. The van der Waals surface area contributed by atoms with E-state index in [4.69, 9.17) is 14.7 Å². The van der Waals surface area contributed by atoms with Crippen LogP contribution in [0.4, 0.5) is 11.6 Å². The van der Waals surface area contributed by atoms with E-state index in [1.54, 1.807) is 22.9 Å². The molecule has 6 nitrogen and oxygen atoms in total. The molecule has 0 bridgehead atoms. The zero-order valence-electron chi connectivity index (χ0n) is 19.3. The highest BCUT2D eigenvalue weighted by Crippen LogP contribution is 2.48. The van der Waals surface area contributed by atoms with Gasteiger partial charge >= 0.3 is 0 Å². The highest BCUT2D eigenvalue weighted by molar-refractivity contribution is 7.99. The third-order valence-corrected chi connectivity index (χ3v) is 9.12. The Labute approximate surface area is 204 Å². The van der Waals surface area contributed by atoms with Crippen molar-refractivity contribution >= 4 is 23.4 Å². The van der Waals surface area contributed by atoms with E-state index < -0.39 is 0 Å². The molecular weight excluding hydrogens is 442 g/mol. The summed E-state index contributed by atoms with van der Waals surface area (Å²) in [6.45, 7) is 2.83. The predicted octanol–water partition coefficient (Wildman–Crippen LogP) is 5.14. The van der Waals surface area contributed by atoms with Gasteiger partial charge < -0.3 is 15.0 Å². The monoisotopic (exact) mass is 471 g/mol. The zero-order chi connectivity index (χ0) is 22.6. The number of rotatable bonds is 3. The lowest BCUT2D eigenvalue weighted by Gasteiger charge is -2.39. The van der Waals surface area contributed by atoms with Gasteiger partial charge in [-0.2, -0.15) is 0 Å². The molecule has 0 amide bonds. The van der Waals surface area contributed by atoms with Crippen molar-refractivity contribution in [2.24, 2.45) is 5.41 Å². The van der Waals surface area contributed by atoms with Gasteiger partial charge in [0.25, 0.3) is 0 Å². The quantitative estimate of drug-likeness (QED) is 0.568. The van der Waals surface area contributed by atoms with Crippen LogP contribution in [0.1, 0.15) is 43.2 Å². The minimum Gasteiger partial charge on any atom is -0.488 e. The van der Waals surface area contributed by atoms with Gasteiger partial charge in [0.15, 0.2) is 11.6 Å². The van der Waals surface area contributed by atoms with E-state index in [0.29, 0.717) is 5.41 Å². The summed E-state index contributed by atoms with van der Waals surface area (Å²) >= 11 is 1.60. The molecule has 0 radical (unpaired) electrons. The Morgan fingerprint density at radius 3 is 2.38 bits per heavy atom. The molecule has 7 rings (SSSR count). The molecule has 174 valence electrons. The van der Waals surface area contributed by atoms with Crippen LogP contribution in [0.25, 0.3) is 0 Å². The minimum absolute atomic E-state index is 0.206. The third-order valence-electron chi connectivity index (χ3n) is 8.16. The molecule has 1 saturated heterocycles. The van der Waals surface area contributed by atoms with E-state index >= 15 is 0 Å². The molecule has 3 aromatic rings. The fourth-order valence-electron chi connectivity index (χ4n) is 5.90. The number of nitrogens with zero attached hydrogens (tertiary/aromatic N) is 4. The number of aromatic nitrogens is 3. The number of ether oxygens (including phenoxy) is 1. The molecule has 34 heavy (non-hydrogen) atoms. The molecule has 7 heteroatoms. The summed E-state index contributed by atoms with van der Waals surface area (Å²) in [5, 5.41) is 4.50. The predicted molar refractivity (Wildman–Crippen MR) is 134 cm³/mol. The molecule has 1 aromatic carbocycles. The first-order valence-electron chi connectivity index (χ1n) is 12.4. The van der Waals surface area contributed by atoms with Crippen molar-refractivity contribution in [3.63, 3.8) is 0 Å². The Hall–Kier alpha value is -2.80. The summed E-state index contributed by atoms with van der Waals surface area (Å²) in [4.78, 5) is 17.5. The van der Waals surface area contributed by atoms with Crippen LogP contribution in [-0.2, 0) is 12.8 Å². The molecule has 4 heterocycles. The highest BCUT2D eigenvalue weighted by Gasteiger charge is 2.45. The van der Waals surface area contributed by atoms with E-state index in [1.165, 1.54) is 38.5 Å². The standard InChI is InChI=1S/C27H29N5OS/c1-2-4-20-16-26(15-19(20)3-1)8-12-32(13-9-26)22-17-30-23(18-29-22)34-21-5-11-28-25-24(21)33-14-10-27(31-25)6-7-27/h1-5,11,17-18H,6-10,12-16H2,(H,28,31). The molecule has 2 fully saturated rings. The molecule has 0 unspecified atom stereocenters. The molecule has 2 spiro atoms. The lowest BCUT2D eigenvalue weighted by Crippen LogP contribution is -2.41. The second kappa shape index (κ2) is 7.87. The van der Waals surface area contributed by atoms with Crippen LogP contribution in [0.15, 0.2) is 58.8 Å². The minimum atomic E-state index is 0.206. The van der Waals surface area contributed by atoms with Gasteiger partial charge in [0.05, 0.1) is 23.9 Å². The van der Waals surface area contributed by atoms with Gasteiger partial charge in [-0.05, 0) is 61.1 Å². The summed E-state index contributed by atoms with van der Waals surface area (Å²) in [7, 11) is 0.